The zero-order valence-corrected chi connectivity index (χ0v) is 16.6. The molecule has 10 heteroatoms. The van der Waals surface area contributed by atoms with Gasteiger partial charge in [0, 0.05) is 12.1 Å². The molecule has 4 N–H and O–H groups in total. The Kier molecular flexibility index (Phi) is 5.83. The molecule has 0 saturated heterocycles. The number of ether oxygens (including phenoxy) is 1. The number of methoxy groups -OCH3 is 1. The van der Waals surface area contributed by atoms with E-state index in [-0.39, 0.29) is 18.7 Å². The third kappa shape index (κ3) is 3.92. The molecule has 0 bridgehead atoms. The maximum atomic E-state index is 12.9. The molecule has 0 radical (unpaired) electrons. The van der Waals surface area contributed by atoms with Gasteiger partial charge in [0.25, 0.3) is 5.91 Å². The van der Waals surface area contributed by atoms with Crippen molar-refractivity contribution < 1.29 is 19.4 Å². The van der Waals surface area contributed by atoms with Gasteiger partial charge >= 0.3 is 0 Å². The molecule has 0 spiro atoms. The number of carbonyl (C=O) groups is 2. The lowest BCUT2D eigenvalue weighted by atomic mass is 10.1. The quantitative estimate of drug-likeness (QED) is 0.521. The number of nitrogens with one attached hydrogen (secondary N) is 1. The molecule has 2 aromatic heterocycles. The summed E-state index contributed by atoms with van der Waals surface area (Å²) in [4.78, 5) is 29.0. The summed E-state index contributed by atoms with van der Waals surface area (Å²) in [5.74, 6) is -0.231. The maximum absolute atomic E-state index is 12.9. The van der Waals surface area contributed by atoms with Gasteiger partial charge in [-0.15, -0.1) is 0 Å². The lowest BCUT2D eigenvalue weighted by Crippen LogP contribution is -2.21. The first kappa shape index (κ1) is 20.3. The number of fused-ring (bicyclic) bond motifs is 1. The molecule has 2 amide bonds. The highest BCUT2D eigenvalue weighted by atomic mass is 16.5. The van der Waals surface area contributed by atoms with E-state index in [2.05, 4.69) is 15.4 Å². The smallest absolute Gasteiger partial charge is 0.276 e. The van der Waals surface area contributed by atoms with Crippen molar-refractivity contribution >= 4 is 28.8 Å². The highest BCUT2D eigenvalue weighted by molar-refractivity contribution is 6.04. The second-order valence-corrected chi connectivity index (χ2v) is 6.57. The largest absolute Gasteiger partial charge is 0.494 e. The lowest BCUT2D eigenvalue weighted by molar-refractivity contribution is 0.0995. The first-order valence-corrected chi connectivity index (χ1v) is 9.24. The zero-order chi connectivity index (χ0) is 21.1. The first-order chi connectivity index (χ1) is 13.9. The summed E-state index contributed by atoms with van der Waals surface area (Å²) in [6.45, 7) is 4.42. The maximum Gasteiger partial charge on any atom is 0.276 e. The van der Waals surface area contributed by atoms with Crippen LogP contribution in [0.2, 0.25) is 0 Å². The van der Waals surface area contributed by atoms with Gasteiger partial charge in [0.05, 0.1) is 31.5 Å². The number of aliphatic hydroxyl groups excluding tert-OH is 1. The SMILES string of the molecule is CCCn1c(NC(=O)c2cc(C)nn2CCO)nc2cc(C(N)=O)cc(OC)c21. The molecule has 154 valence electrons. The molecule has 2 heterocycles. The Hall–Kier alpha value is -3.40. The minimum Gasteiger partial charge on any atom is -0.494 e. The highest BCUT2D eigenvalue weighted by Crippen LogP contribution is 2.31. The van der Waals surface area contributed by atoms with E-state index in [1.54, 1.807) is 25.1 Å². The summed E-state index contributed by atoms with van der Waals surface area (Å²) in [5, 5.41) is 16.2. The van der Waals surface area contributed by atoms with E-state index in [1.807, 2.05) is 11.5 Å². The van der Waals surface area contributed by atoms with Crippen molar-refractivity contribution in [3.8, 4) is 5.75 Å². The predicted molar refractivity (Wildman–Crippen MR) is 107 cm³/mol. The third-order valence-corrected chi connectivity index (χ3v) is 4.43. The van der Waals surface area contributed by atoms with Crippen molar-refractivity contribution in [3.63, 3.8) is 0 Å². The minimum absolute atomic E-state index is 0.136. The Balaban J connectivity index is 2.08. The number of aryl methyl sites for hydroxylation is 2. The van der Waals surface area contributed by atoms with E-state index in [0.29, 0.717) is 40.7 Å². The number of nitrogens with two attached hydrogens (primary N) is 1. The molecule has 10 nitrogen and oxygen atoms in total. The molecule has 0 aliphatic carbocycles. The van der Waals surface area contributed by atoms with Gasteiger partial charge in [0.15, 0.2) is 0 Å². The van der Waals surface area contributed by atoms with Crippen LogP contribution in [0.3, 0.4) is 0 Å². The normalized spacial score (nSPS) is 11.0. The summed E-state index contributed by atoms with van der Waals surface area (Å²) in [6, 6.07) is 4.77. The predicted octanol–water partition coefficient (Wildman–Crippen LogP) is 1.30. The average molecular weight is 400 g/mol. The molecule has 3 aromatic rings. The van der Waals surface area contributed by atoms with Crippen LogP contribution >= 0.6 is 0 Å². The van der Waals surface area contributed by atoms with E-state index >= 15 is 0 Å². The monoisotopic (exact) mass is 400 g/mol. The van der Waals surface area contributed by atoms with Gasteiger partial charge in [-0.2, -0.15) is 5.10 Å². The fourth-order valence-electron chi connectivity index (χ4n) is 3.22. The molecule has 0 saturated carbocycles. The third-order valence-electron chi connectivity index (χ3n) is 4.43. The number of carbonyl (C=O) groups excluding carboxylic acids is 2. The lowest BCUT2D eigenvalue weighted by Gasteiger charge is -2.11. The number of anilines is 1. The summed E-state index contributed by atoms with van der Waals surface area (Å²) in [7, 11) is 1.50. The van der Waals surface area contributed by atoms with Crippen LogP contribution in [0, 0.1) is 6.92 Å². The van der Waals surface area contributed by atoms with Crippen molar-refractivity contribution in [2.75, 3.05) is 19.0 Å². The van der Waals surface area contributed by atoms with Gasteiger partial charge in [0.2, 0.25) is 11.9 Å². The minimum atomic E-state index is -0.593. The van der Waals surface area contributed by atoms with Gasteiger partial charge < -0.3 is 20.1 Å². The molecule has 0 aliphatic heterocycles. The van der Waals surface area contributed by atoms with Gasteiger partial charge in [-0.25, -0.2) is 4.98 Å². The van der Waals surface area contributed by atoms with E-state index in [1.165, 1.54) is 11.8 Å². The average Bonchev–Trinajstić information content (AvgIpc) is 3.22. The number of benzene rings is 1. The first-order valence-electron chi connectivity index (χ1n) is 9.24. The van der Waals surface area contributed by atoms with Crippen molar-refractivity contribution in [2.45, 2.75) is 33.4 Å². The van der Waals surface area contributed by atoms with Crippen LogP contribution in [0.5, 0.6) is 5.75 Å². The summed E-state index contributed by atoms with van der Waals surface area (Å²) >= 11 is 0. The number of aliphatic hydroxyl groups is 1. The van der Waals surface area contributed by atoms with Crippen LogP contribution in [-0.4, -0.2) is 50.0 Å². The van der Waals surface area contributed by atoms with Crippen LogP contribution < -0.4 is 15.8 Å². The van der Waals surface area contributed by atoms with Crippen LogP contribution in [0.1, 0.15) is 39.9 Å². The zero-order valence-electron chi connectivity index (χ0n) is 16.6. The Bertz CT molecular complexity index is 1070. The highest BCUT2D eigenvalue weighted by Gasteiger charge is 2.21. The number of hydrogen-bond donors (Lipinski definition) is 3. The topological polar surface area (TPSA) is 137 Å². The van der Waals surface area contributed by atoms with E-state index < -0.39 is 11.8 Å². The van der Waals surface area contributed by atoms with Crippen molar-refractivity contribution in [3.05, 3.63) is 35.2 Å². The number of aromatic nitrogens is 4. The fraction of sp³-hybridized carbons (Fsp3) is 0.368. The fourth-order valence-corrected chi connectivity index (χ4v) is 3.22. The van der Waals surface area contributed by atoms with Crippen LogP contribution in [0.25, 0.3) is 11.0 Å². The van der Waals surface area contributed by atoms with Crippen molar-refractivity contribution in [1.29, 1.82) is 0 Å². The summed E-state index contributed by atoms with van der Waals surface area (Å²) < 4.78 is 8.72. The van der Waals surface area contributed by atoms with Gasteiger partial charge in [-0.05, 0) is 31.5 Å². The van der Waals surface area contributed by atoms with Crippen LogP contribution in [-0.2, 0) is 13.1 Å². The Morgan fingerprint density at radius 1 is 1.28 bits per heavy atom. The molecule has 0 fully saturated rings. The molecule has 0 unspecified atom stereocenters. The van der Waals surface area contributed by atoms with Crippen molar-refractivity contribution in [2.24, 2.45) is 5.73 Å². The number of hydrogen-bond acceptors (Lipinski definition) is 6. The molecule has 29 heavy (non-hydrogen) atoms. The second-order valence-electron chi connectivity index (χ2n) is 6.57. The number of nitrogens with zero attached hydrogens (tertiary/aromatic N) is 4. The molecular weight excluding hydrogens is 376 g/mol. The summed E-state index contributed by atoms with van der Waals surface area (Å²) in [6.07, 6.45) is 0.788. The Labute approximate surface area is 167 Å². The Morgan fingerprint density at radius 2 is 2.03 bits per heavy atom. The molecule has 1 aromatic carbocycles. The standard InChI is InChI=1S/C19H24N6O4/c1-4-5-24-16-13(9-12(17(20)27)10-15(16)29-3)21-19(24)22-18(28)14-8-11(2)23-25(14)6-7-26/h8-10,26H,4-7H2,1-3H3,(H2,20,27)(H,21,22,28). The molecule has 0 aliphatic rings. The number of rotatable bonds is 8. The van der Waals surface area contributed by atoms with E-state index in [9.17, 15) is 14.7 Å². The summed E-state index contributed by atoms with van der Waals surface area (Å²) in [5.41, 5.74) is 7.81. The van der Waals surface area contributed by atoms with Crippen LogP contribution in [0.15, 0.2) is 18.2 Å². The van der Waals surface area contributed by atoms with Gasteiger partial charge in [0.1, 0.15) is 17.0 Å². The molecule has 3 rings (SSSR count). The Morgan fingerprint density at radius 3 is 2.66 bits per heavy atom. The van der Waals surface area contributed by atoms with Crippen molar-refractivity contribution in [1.82, 2.24) is 19.3 Å². The van der Waals surface area contributed by atoms with Gasteiger partial charge in [-0.1, -0.05) is 6.92 Å². The number of amides is 2. The van der Waals surface area contributed by atoms with Crippen LogP contribution in [0.4, 0.5) is 5.95 Å². The molecule has 0 atom stereocenters. The van der Waals surface area contributed by atoms with E-state index in [4.69, 9.17) is 10.5 Å². The van der Waals surface area contributed by atoms with E-state index in [0.717, 1.165) is 6.42 Å². The second kappa shape index (κ2) is 8.31. The molecular formula is C19H24N6O4. The number of imidazole rings is 1. The van der Waals surface area contributed by atoms with Gasteiger partial charge in [-0.3, -0.25) is 19.6 Å². The number of primary amides is 1.